The normalized spacial score (nSPS) is 16.7. The first-order valence-corrected chi connectivity index (χ1v) is 8.53. The third-order valence-electron chi connectivity index (χ3n) is 4.28. The van der Waals surface area contributed by atoms with Crippen LogP contribution in [0.15, 0.2) is 30.3 Å². The largest absolute Gasteiger partial charge is 0.435 e. The van der Waals surface area contributed by atoms with Gasteiger partial charge in [0.1, 0.15) is 11.6 Å². The van der Waals surface area contributed by atoms with Crippen LogP contribution in [0.1, 0.15) is 24.1 Å². The number of hydrogen-bond donors (Lipinski definition) is 1. The highest BCUT2D eigenvalue weighted by Gasteiger charge is 2.33. The van der Waals surface area contributed by atoms with E-state index in [1.165, 1.54) is 12.1 Å². The van der Waals surface area contributed by atoms with Crippen LogP contribution in [0.3, 0.4) is 0 Å². The lowest BCUT2D eigenvalue weighted by Crippen LogP contribution is -2.38. The maximum Gasteiger partial charge on any atom is 0.435 e. The third-order valence-corrected chi connectivity index (χ3v) is 4.59. The molecule has 0 aliphatic carbocycles. The topological polar surface area (TPSA) is 41.0 Å². The van der Waals surface area contributed by atoms with Crippen molar-refractivity contribution in [2.24, 2.45) is 0 Å². The highest BCUT2D eigenvalue weighted by Crippen LogP contribution is 2.27. The monoisotopic (exact) mass is 388 g/mol. The molecule has 1 aliphatic heterocycles. The minimum Gasteiger partial charge on any atom is -0.366 e. The van der Waals surface area contributed by atoms with E-state index in [-0.39, 0.29) is 11.1 Å². The van der Waals surface area contributed by atoms with Crippen molar-refractivity contribution >= 4 is 17.4 Å². The van der Waals surface area contributed by atoms with E-state index in [4.69, 9.17) is 11.6 Å². The fourth-order valence-electron chi connectivity index (χ4n) is 2.90. The van der Waals surface area contributed by atoms with E-state index >= 15 is 0 Å². The van der Waals surface area contributed by atoms with E-state index in [0.717, 1.165) is 37.6 Å². The molecule has 1 aromatic carbocycles. The summed E-state index contributed by atoms with van der Waals surface area (Å²) in [7, 11) is 0. The van der Waals surface area contributed by atoms with Crippen molar-refractivity contribution in [3.05, 3.63) is 52.4 Å². The zero-order chi connectivity index (χ0) is 18.7. The average molecular weight is 389 g/mol. The molecule has 1 saturated heterocycles. The molecule has 0 amide bonds. The Kier molecular flexibility index (Phi) is 5.62. The van der Waals surface area contributed by atoms with Crippen LogP contribution in [0.4, 0.5) is 23.4 Å². The predicted octanol–water partition coefficient (Wildman–Crippen LogP) is 4.36. The Labute approximate surface area is 153 Å². The average Bonchev–Trinajstić information content (AvgIpc) is 2.60. The van der Waals surface area contributed by atoms with Crippen molar-refractivity contribution in [3.8, 4) is 0 Å². The Bertz CT molecular complexity index is 743. The molecule has 1 aliphatic rings. The maximum atomic E-state index is 13.5. The van der Waals surface area contributed by atoms with E-state index in [0.29, 0.717) is 12.4 Å². The van der Waals surface area contributed by atoms with Crippen molar-refractivity contribution in [3.63, 3.8) is 0 Å². The highest BCUT2D eigenvalue weighted by atomic mass is 35.5. The first kappa shape index (κ1) is 18.8. The van der Waals surface area contributed by atoms with Crippen LogP contribution in [0.5, 0.6) is 0 Å². The lowest BCUT2D eigenvalue weighted by Gasteiger charge is -2.32. The molecule has 0 atom stereocenters. The van der Waals surface area contributed by atoms with Gasteiger partial charge in [-0.05, 0) is 42.7 Å². The number of benzene rings is 1. The first-order chi connectivity index (χ1) is 12.3. The van der Waals surface area contributed by atoms with Gasteiger partial charge in [0.15, 0.2) is 5.69 Å². The molecule has 1 N–H and O–H groups in total. The molecule has 140 valence electrons. The number of likely N-dealkylation sites (tertiary alicyclic amines) is 1. The summed E-state index contributed by atoms with van der Waals surface area (Å²) < 4.78 is 51.0. The van der Waals surface area contributed by atoms with Crippen LogP contribution < -0.4 is 5.32 Å². The standard InChI is InChI=1S/C17H17ClF4N4/c18-13-2-1-11(9-14(13)19)10-26-7-5-12(6-8-26)23-16-4-3-15(24-25-16)17(20,21)22/h1-4,9,12H,5-8,10H2,(H,23,25). The SMILES string of the molecule is Fc1cc(CN2CCC(Nc3ccc(C(F)(F)F)nn3)CC2)ccc1Cl. The number of nitrogens with zero attached hydrogens (tertiary/aromatic N) is 3. The lowest BCUT2D eigenvalue weighted by molar-refractivity contribution is -0.141. The quantitative estimate of drug-likeness (QED) is 0.790. The van der Waals surface area contributed by atoms with E-state index < -0.39 is 17.7 Å². The van der Waals surface area contributed by atoms with Crippen LogP contribution >= 0.6 is 11.6 Å². The highest BCUT2D eigenvalue weighted by molar-refractivity contribution is 6.30. The van der Waals surface area contributed by atoms with Crippen molar-refractivity contribution in [1.29, 1.82) is 0 Å². The summed E-state index contributed by atoms with van der Waals surface area (Å²) in [4.78, 5) is 2.19. The zero-order valence-corrected chi connectivity index (χ0v) is 14.5. The van der Waals surface area contributed by atoms with E-state index in [2.05, 4.69) is 20.4 Å². The number of halogens is 5. The molecule has 9 heteroatoms. The Morgan fingerprint density at radius 3 is 2.42 bits per heavy atom. The summed E-state index contributed by atoms with van der Waals surface area (Å²) in [5.41, 5.74) is -0.153. The van der Waals surface area contributed by atoms with Crippen molar-refractivity contribution in [1.82, 2.24) is 15.1 Å². The van der Waals surface area contributed by atoms with Gasteiger partial charge in [-0.3, -0.25) is 4.90 Å². The van der Waals surface area contributed by atoms with Gasteiger partial charge in [-0.15, -0.1) is 10.2 Å². The predicted molar refractivity (Wildman–Crippen MR) is 90.4 cm³/mol. The molecule has 0 saturated carbocycles. The van der Waals surface area contributed by atoms with Gasteiger partial charge in [0.05, 0.1) is 5.02 Å². The molecule has 4 nitrogen and oxygen atoms in total. The number of nitrogens with one attached hydrogen (secondary N) is 1. The fourth-order valence-corrected chi connectivity index (χ4v) is 3.02. The van der Waals surface area contributed by atoms with Crippen LogP contribution in [-0.4, -0.2) is 34.2 Å². The van der Waals surface area contributed by atoms with Crippen molar-refractivity contribution in [2.45, 2.75) is 31.6 Å². The Balaban J connectivity index is 1.50. The second kappa shape index (κ2) is 7.75. The van der Waals surface area contributed by atoms with Gasteiger partial charge in [0.2, 0.25) is 0 Å². The summed E-state index contributed by atoms with van der Waals surface area (Å²) in [6.45, 7) is 2.20. The van der Waals surface area contributed by atoms with Gasteiger partial charge < -0.3 is 5.32 Å². The molecule has 0 spiro atoms. The lowest BCUT2D eigenvalue weighted by atomic mass is 10.0. The number of rotatable bonds is 4. The Hall–Kier alpha value is -1.93. The molecule has 1 aromatic heterocycles. The van der Waals surface area contributed by atoms with Gasteiger partial charge in [-0.25, -0.2) is 4.39 Å². The van der Waals surface area contributed by atoms with Gasteiger partial charge in [0.25, 0.3) is 0 Å². The van der Waals surface area contributed by atoms with E-state index in [9.17, 15) is 17.6 Å². The summed E-state index contributed by atoms with van der Waals surface area (Å²) in [5, 5.41) is 10.0. The van der Waals surface area contributed by atoms with Crippen LogP contribution in [0.2, 0.25) is 5.02 Å². The van der Waals surface area contributed by atoms with Crippen LogP contribution in [-0.2, 0) is 12.7 Å². The Morgan fingerprint density at radius 1 is 1.12 bits per heavy atom. The third kappa shape index (κ3) is 4.82. The minimum absolute atomic E-state index is 0.106. The molecular formula is C17H17ClF4N4. The second-order valence-corrected chi connectivity index (χ2v) is 6.65. The molecule has 0 bridgehead atoms. The van der Waals surface area contributed by atoms with Crippen LogP contribution in [0, 0.1) is 5.82 Å². The Morgan fingerprint density at radius 2 is 1.85 bits per heavy atom. The molecule has 0 unspecified atom stereocenters. The molecule has 2 aromatic rings. The van der Waals surface area contributed by atoms with Crippen LogP contribution in [0.25, 0.3) is 0 Å². The molecule has 3 rings (SSSR count). The first-order valence-electron chi connectivity index (χ1n) is 8.15. The summed E-state index contributed by atoms with van der Waals surface area (Å²) in [5.74, 6) is -0.0992. The molecule has 2 heterocycles. The number of hydrogen-bond acceptors (Lipinski definition) is 4. The summed E-state index contributed by atoms with van der Waals surface area (Å²) in [6.07, 6.45) is -2.88. The zero-order valence-electron chi connectivity index (χ0n) is 13.7. The van der Waals surface area contributed by atoms with Crippen molar-refractivity contribution in [2.75, 3.05) is 18.4 Å². The van der Waals surface area contributed by atoms with Gasteiger partial charge in [-0.1, -0.05) is 17.7 Å². The van der Waals surface area contributed by atoms with Gasteiger partial charge in [-0.2, -0.15) is 13.2 Å². The van der Waals surface area contributed by atoms with Crippen molar-refractivity contribution < 1.29 is 17.6 Å². The molecule has 1 fully saturated rings. The number of piperidine rings is 1. The smallest absolute Gasteiger partial charge is 0.366 e. The van der Waals surface area contributed by atoms with Gasteiger partial charge >= 0.3 is 6.18 Å². The summed E-state index contributed by atoms with van der Waals surface area (Å²) >= 11 is 5.68. The minimum atomic E-state index is -4.49. The second-order valence-electron chi connectivity index (χ2n) is 6.24. The fraction of sp³-hybridized carbons (Fsp3) is 0.412. The van der Waals surface area contributed by atoms with E-state index in [1.54, 1.807) is 12.1 Å². The molecule has 0 radical (unpaired) electrons. The van der Waals surface area contributed by atoms with E-state index in [1.807, 2.05) is 0 Å². The molecular weight excluding hydrogens is 372 g/mol. The summed E-state index contributed by atoms with van der Waals surface area (Å²) in [6, 6.07) is 7.10. The molecule has 26 heavy (non-hydrogen) atoms. The number of alkyl halides is 3. The number of aromatic nitrogens is 2. The van der Waals surface area contributed by atoms with Gasteiger partial charge in [0, 0.05) is 25.7 Å². The maximum absolute atomic E-state index is 13.5. The number of anilines is 1.